The first-order chi connectivity index (χ1) is 13.7. The lowest BCUT2D eigenvalue weighted by molar-refractivity contribution is 0.0894. The van der Waals surface area contributed by atoms with Crippen LogP contribution in [0.15, 0.2) is 78.9 Å². The Bertz CT molecular complexity index is 1410. The van der Waals surface area contributed by atoms with E-state index in [0.29, 0.717) is 16.8 Å². The molecule has 2 heterocycles. The van der Waals surface area contributed by atoms with Gasteiger partial charge in [-0.1, -0.05) is 54.6 Å². The van der Waals surface area contributed by atoms with E-state index in [1.165, 1.54) is 4.90 Å². The van der Waals surface area contributed by atoms with Crippen molar-refractivity contribution in [3.63, 3.8) is 0 Å². The van der Waals surface area contributed by atoms with E-state index >= 15 is 0 Å². The highest BCUT2D eigenvalue weighted by Gasteiger charge is 2.34. The number of carbonyl (C=O) groups excluding carboxylic acids is 2. The molecule has 1 aliphatic heterocycles. The van der Waals surface area contributed by atoms with E-state index in [4.69, 9.17) is 0 Å². The molecular formula is C24H14N2O2. The molecule has 0 unspecified atom stereocenters. The monoisotopic (exact) mass is 362 g/mol. The van der Waals surface area contributed by atoms with Crippen LogP contribution in [0.5, 0.6) is 0 Å². The number of hydrogen-bond donors (Lipinski definition) is 1. The molecule has 2 amide bonds. The van der Waals surface area contributed by atoms with Gasteiger partial charge in [0.25, 0.3) is 11.8 Å². The quantitative estimate of drug-likeness (QED) is 0.413. The predicted molar refractivity (Wildman–Crippen MR) is 111 cm³/mol. The number of hydrogen-bond acceptors (Lipinski definition) is 2. The van der Waals surface area contributed by atoms with Gasteiger partial charge in [-0.25, -0.2) is 4.90 Å². The largest absolute Gasteiger partial charge is 0.353 e. The molecular weight excluding hydrogens is 348 g/mol. The van der Waals surface area contributed by atoms with Gasteiger partial charge in [0.2, 0.25) is 0 Å². The van der Waals surface area contributed by atoms with Crippen LogP contribution in [-0.2, 0) is 0 Å². The molecule has 132 valence electrons. The first kappa shape index (κ1) is 15.2. The first-order valence-electron chi connectivity index (χ1n) is 9.14. The van der Waals surface area contributed by atoms with E-state index in [1.54, 1.807) is 12.1 Å². The standard InChI is InChI=1S/C24H14N2O2/c27-23-17-10-3-6-14-7-4-11-18(21(14)17)24(28)26(23)20-13-5-9-16-15-8-1-2-12-19(15)25-22(16)20/h1-13,25H. The minimum absolute atomic E-state index is 0.291. The van der Waals surface area contributed by atoms with E-state index in [1.807, 2.05) is 66.7 Å². The number of aromatic amines is 1. The molecule has 0 bridgehead atoms. The second-order valence-corrected chi connectivity index (χ2v) is 7.03. The van der Waals surface area contributed by atoms with Crippen LogP contribution in [0.2, 0.25) is 0 Å². The van der Waals surface area contributed by atoms with Crippen LogP contribution < -0.4 is 4.90 Å². The fourth-order valence-electron chi connectivity index (χ4n) is 4.29. The molecule has 0 aliphatic carbocycles. The average molecular weight is 362 g/mol. The molecule has 0 saturated carbocycles. The van der Waals surface area contributed by atoms with Gasteiger partial charge in [0.15, 0.2) is 0 Å². The number of aromatic nitrogens is 1. The van der Waals surface area contributed by atoms with Crippen LogP contribution in [0, 0.1) is 0 Å². The van der Waals surface area contributed by atoms with Crippen LogP contribution in [0.3, 0.4) is 0 Å². The Morgan fingerprint density at radius 1 is 0.643 bits per heavy atom. The third kappa shape index (κ3) is 1.84. The number of H-pyrrole nitrogens is 1. The summed E-state index contributed by atoms with van der Waals surface area (Å²) in [4.78, 5) is 31.4. The summed E-state index contributed by atoms with van der Waals surface area (Å²) in [5.41, 5.74) is 3.46. The van der Waals surface area contributed by atoms with Crippen LogP contribution in [0.4, 0.5) is 5.69 Å². The summed E-state index contributed by atoms with van der Waals surface area (Å²) in [6.07, 6.45) is 0. The third-order valence-corrected chi connectivity index (χ3v) is 5.53. The summed E-state index contributed by atoms with van der Waals surface area (Å²) in [6.45, 7) is 0. The number of para-hydroxylation sites is 2. The topological polar surface area (TPSA) is 53.2 Å². The Labute approximate surface area is 160 Å². The molecule has 6 rings (SSSR count). The van der Waals surface area contributed by atoms with Crippen LogP contribution in [-0.4, -0.2) is 16.8 Å². The third-order valence-electron chi connectivity index (χ3n) is 5.53. The molecule has 1 N–H and O–H groups in total. The zero-order valence-corrected chi connectivity index (χ0v) is 14.8. The highest BCUT2D eigenvalue weighted by atomic mass is 16.2. The Morgan fingerprint density at radius 2 is 1.29 bits per heavy atom. The van der Waals surface area contributed by atoms with Crippen molar-refractivity contribution in [2.75, 3.05) is 4.90 Å². The van der Waals surface area contributed by atoms with Gasteiger partial charge in [0, 0.05) is 32.8 Å². The van der Waals surface area contributed by atoms with E-state index < -0.39 is 0 Å². The zero-order valence-electron chi connectivity index (χ0n) is 14.8. The van der Waals surface area contributed by atoms with Gasteiger partial charge in [-0.05, 0) is 29.7 Å². The SMILES string of the molecule is O=C1c2cccc3cccc(c23)C(=O)N1c1cccc2c1[nH]c1ccccc12. The van der Waals surface area contributed by atoms with Crippen molar-refractivity contribution in [3.8, 4) is 0 Å². The Morgan fingerprint density at radius 3 is 2.04 bits per heavy atom. The lowest BCUT2D eigenvalue weighted by atomic mass is 9.93. The minimum Gasteiger partial charge on any atom is -0.353 e. The molecule has 4 nitrogen and oxygen atoms in total. The van der Waals surface area contributed by atoms with Gasteiger partial charge < -0.3 is 4.98 Å². The Hall–Kier alpha value is -3.92. The molecule has 1 aromatic heterocycles. The molecule has 5 aromatic rings. The second-order valence-electron chi connectivity index (χ2n) is 7.03. The van der Waals surface area contributed by atoms with Crippen molar-refractivity contribution in [2.24, 2.45) is 0 Å². The normalized spacial score (nSPS) is 13.8. The number of imide groups is 1. The van der Waals surface area contributed by atoms with Gasteiger partial charge in [-0.3, -0.25) is 9.59 Å². The maximum atomic E-state index is 13.4. The van der Waals surface area contributed by atoms with Crippen molar-refractivity contribution in [1.29, 1.82) is 0 Å². The molecule has 0 atom stereocenters. The highest BCUT2D eigenvalue weighted by molar-refractivity contribution is 6.37. The number of anilines is 1. The number of rotatable bonds is 1. The number of nitrogens with one attached hydrogen (secondary N) is 1. The minimum atomic E-state index is -0.291. The van der Waals surface area contributed by atoms with Crippen molar-refractivity contribution in [2.45, 2.75) is 0 Å². The molecule has 0 saturated heterocycles. The fraction of sp³-hybridized carbons (Fsp3) is 0. The zero-order chi connectivity index (χ0) is 18.8. The molecule has 4 heteroatoms. The smallest absolute Gasteiger partial charge is 0.266 e. The number of carbonyl (C=O) groups is 2. The highest BCUT2D eigenvalue weighted by Crippen LogP contribution is 2.37. The number of benzene rings is 4. The summed E-state index contributed by atoms with van der Waals surface area (Å²) in [5.74, 6) is -0.582. The summed E-state index contributed by atoms with van der Waals surface area (Å²) in [5, 5.41) is 3.70. The van der Waals surface area contributed by atoms with Crippen LogP contribution in [0.1, 0.15) is 20.7 Å². The van der Waals surface area contributed by atoms with Crippen molar-refractivity contribution in [3.05, 3.63) is 90.0 Å². The van der Waals surface area contributed by atoms with E-state index in [2.05, 4.69) is 4.98 Å². The summed E-state index contributed by atoms with van der Waals surface area (Å²) >= 11 is 0. The first-order valence-corrected chi connectivity index (χ1v) is 9.14. The maximum absolute atomic E-state index is 13.4. The lowest BCUT2D eigenvalue weighted by Crippen LogP contribution is -2.40. The summed E-state index contributed by atoms with van der Waals surface area (Å²) in [7, 11) is 0. The van der Waals surface area contributed by atoms with E-state index in [0.717, 1.165) is 32.6 Å². The molecule has 0 radical (unpaired) electrons. The van der Waals surface area contributed by atoms with Crippen molar-refractivity contribution >= 4 is 50.1 Å². The molecule has 28 heavy (non-hydrogen) atoms. The molecule has 0 fully saturated rings. The van der Waals surface area contributed by atoms with E-state index in [9.17, 15) is 9.59 Å². The molecule has 4 aromatic carbocycles. The Balaban J connectivity index is 1.66. The fourth-order valence-corrected chi connectivity index (χ4v) is 4.29. The van der Waals surface area contributed by atoms with Gasteiger partial charge in [-0.2, -0.15) is 0 Å². The predicted octanol–water partition coefficient (Wildman–Crippen LogP) is 5.27. The number of amides is 2. The van der Waals surface area contributed by atoms with E-state index in [-0.39, 0.29) is 11.8 Å². The summed E-state index contributed by atoms with van der Waals surface area (Å²) in [6, 6.07) is 24.8. The average Bonchev–Trinajstić information content (AvgIpc) is 3.11. The van der Waals surface area contributed by atoms with Gasteiger partial charge in [-0.15, -0.1) is 0 Å². The second kappa shape index (κ2) is 5.30. The molecule has 1 aliphatic rings. The van der Waals surface area contributed by atoms with Crippen molar-refractivity contribution < 1.29 is 9.59 Å². The van der Waals surface area contributed by atoms with Gasteiger partial charge >= 0.3 is 0 Å². The Kier molecular flexibility index (Phi) is 2.87. The van der Waals surface area contributed by atoms with Gasteiger partial charge in [0.1, 0.15) is 0 Å². The summed E-state index contributed by atoms with van der Waals surface area (Å²) < 4.78 is 0. The number of nitrogens with zero attached hydrogens (tertiary/aromatic N) is 1. The van der Waals surface area contributed by atoms with Gasteiger partial charge in [0.05, 0.1) is 11.2 Å². The van der Waals surface area contributed by atoms with Crippen LogP contribution >= 0.6 is 0 Å². The molecule has 0 spiro atoms. The maximum Gasteiger partial charge on any atom is 0.266 e. The lowest BCUT2D eigenvalue weighted by Gasteiger charge is -2.27. The number of fused-ring (bicyclic) bond motifs is 3. The van der Waals surface area contributed by atoms with Crippen LogP contribution in [0.25, 0.3) is 32.6 Å². The van der Waals surface area contributed by atoms with Crippen molar-refractivity contribution in [1.82, 2.24) is 4.98 Å².